The van der Waals surface area contributed by atoms with Gasteiger partial charge in [0.2, 0.25) is 5.91 Å². The number of nitrogens with one attached hydrogen (secondary N) is 1. The number of aliphatic hydroxyl groups is 2. The number of ether oxygens (including phenoxy) is 2. The number of Topliss-reactive ketones (excluding diaryl/α,β-unsaturated/α-hetero) is 1. The summed E-state index contributed by atoms with van der Waals surface area (Å²) in [5.41, 5.74) is 0.390. The number of aromatic nitrogens is 1. The predicted molar refractivity (Wildman–Crippen MR) is 144 cm³/mol. The lowest BCUT2D eigenvalue weighted by atomic mass is 9.71. The zero-order valence-electron chi connectivity index (χ0n) is 22.2. The number of allylic oxidation sites excluding steroid dienone is 1. The van der Waals surface area contributed by atoms with Crippen LogP contribution in [0.2, 0.25) is 0 Å². The lowest BCUT2D eigenvalue weighted by molar-refractivity contribution is -0.144. The zero-order valence-corrected chi connectivity index (χ0v) is 23.8. The molecule has 2 unspecified atom stereocenters. The Bertz CT molecular complexity index is 1030. The number of aliphatic hydroxyl groups excluding tert-OH is 2. The largest absolute Gasteiger partial charge is 0.392 e. The van der Waals surface area contributed by atoms with E-state index in [1.165, 1.54) is 11.3 Å². The van der Waals surface area contributed by atoms with Crippen LogP contribution in [-0.4, -0.2) is 69.5 Å². The van der Waals surface area contributed by atoms with E-state index in [-0.39, 0.29) is 43.9 Å². The van der Waals surface area contributed by atoms with Crippen molar-refractivity contribution in [3.63, 3.8) is 0 Å². The van der Waals surface area contributed by atoms with E-state index < -0.39 is 40.6 Å². The molecule has 2 aliphatic rings. The summed E-state index contributed by atoms with van der Waals surface area (Å²) in [7, 11) is 0. The van der Waals surface area contributed by atoms with Crippen molar-refractivity contribution in [2.75, 3.05) is 13.2 Å². The van der Waals surface area contributed by atoms with Gasteiger partial charge < -0.3 is 25.0 Å². The van der Waals surface area contributed by atoms with Gasteiger partial charge in [0.05, 0.1) is 54.0 Å². The molecule has 3 heterocycles. The number of aryl methyl sites for hydroxylation is 1. The number of carbonyl (C=O) groups excluding carboxylic acids is 2. The van der Waals surface area contributed by atoms with Gasteiger partial charge in [0, 0.05) is 23.6 Å². The fraction of sp³-hybridized carbons (Fsp3) is 0.667. The number of rotatable bonds is 4. The number of halogens is 1. The molecule has 3 rings (SSSR count). The third kappa shape index (κ3) is 7.28. The van der Waals surface area contributed by atoms with Crippen molar-refractivity contribution in [1.29, 1.82) is 0 Å². The minimum Gasteiger partial charge on any atom is -0.392 e. The second-order valence-corrected chi connectivity index (χ2v) is 12.5. The van der Waals surface area contributed by atoms with Gasteiger partial charge in [-0.2, -0.15) is 0 Å². The number of epoxide rings is 1. The molecule has 1 aromatic rings. The fourth-order valence-corrected chi connectivity index (χ4v) is 5.54. The Hall–Kier alpha value is -1.62. The third-order valence-corrected chi connectivity index (χ3v) is 8.62. The highest BCUT2D eigenvalue weighted by Crippen LogP contribution is 2.44. The van der Waals surface area contributed by atoms with Gasteiger partial charge >= 0.3 is 0 Å². The quantitative estimate of drug-likeness (QED) is 0.295. The first-order valence-electron chi connectivity index (χ1n) is 12.6. The minimum atomic E-state index is -1.27. The summed E-state index contributed by atoms with van der Waals surface area (Å²) in [5, 5.41) is 26.8. The van der Waals surface area contributed by atoms with Gasteiger partial charge in [0.25, 0.3) is 0 Å². The lowest BCUT2D eigenvalue weighted by Gasteiger charge is -2.35. The van der Waals surface area contributed by atoms with Gasteiger partial charge in [-0.25, -0.2) is 4.98 Å². The molecule has 1 amide bonds. The Morgan fingerprint density at radius 3 is 2.70 bits per heavy atom. The number of alkyl halides is 1. The molecule has 0 bridgehead atoms. The topological polar surface area (TPSA) is 121 Å². The Morgan fingerprint density at radius 1 is 1.38 bits per heavy atom. The first kappa shape index (κ1) is 29.9. The number of amides is 1. The molecule has 1 aromatic heterocycles. The second kappa shape index (κ2) is 12.1. The summed E-state index contributed by atoms with van der Waals surface area (Å²) >= 11 is 8.17. The number of hydrogen-bond acceptors (Lipinski definition) is 8. The Labute approximate surface area is 228 Å². The molecule has 0 spiro atoms. The van der Waals surface area contributed by atoms with Crippen LogP contribution in [0.1, 0.15) is 57.7 Å². The van der Waals surface area contributed by atoms with Crippen molar-refractivity contribution in [3.8, 4) is 0 Å². The minimum absolute atomic E-state index is 0.106. The molecule has 0 aromatic carbocycles. The predicted octanol–water partition coefficient (Wildman–Crippen LogP) is 3.63. The molecule has 7 atom stereocenters. The van der Waals surface area contributed by atoms with Crippen LogP contribution in [0.4, 0.5) is 0 Å². The van der Waals surface area contributed by atoms with Crippen molar-refractivity contribution in [2.24, 2.45) is 17.3 Å². The molecule has 10 heteroatoms. The number of ketones is 1. The Balaban J connectivity index is 1.88. The molecule has 206 valence electrons. The maximum atomic E-state index is 13.5. The number of carbonyl (C=O) groups is 2. The average molecular weight is 555 g/mol. The molecule has 2 fully saturated rings. The normalized spacial score (nSPS) is 35.9. The summed E-state index contributed by atoms with van der Waals surface area (Å²) in [4.78, 5) is 31.1. The van der Waals surface area contributed by atoms with Gasteiger partial charge in [0.1, 0.15) is 11.9 Å². The smallest absolute Gasteiger partial charge is 0.223 e. The van der Waals surface area contributed by atoms with Crippen molar-refractivity contribution in [2.45, 2.75) is 83.3 Å². The van der Waals surface area contributed by atoms with E-state index in [0.717, 1.165) is 16.3 Å². The van der Waals surface area contributed by atoms with E-state index in [2.05, 4.69) is 16.9 Å². The van der Waals surface area contributed by atoms with Crippen LogP contribution in [0.5, 0.6) is 0 Å². The summed E-state index contributed by atoms with van der Waals surface area (Å²) in [6.45, 7) is 12.8. The van der Waals surface area contributed by atoms with Crippen LogP contribution >= 0.6 is 22.9 Å². The van der Waals surface area contributed by atoms with Crippen molar-refractivity contribution in [1.82, 2.24) is 10.3 Å². The summed E-state index contributed by atoms with van der Waals surface area (Å²) < 4.78 is 11.6. The fourth-order valence-electron chi connectivity index (χ4n) is 4.69. The maximum absolute atomic E-state index is 13.5. The van der Waals surface area contributed by atoms with E-state index in [1.807, 2.05) is 25.3 Å². The van der Waals surface area contributed by atoms with Crippen LogP contribution < -0.4 is 5.32 Å². The van der Waals surface area contributed by atoms with Crippen LogP contribution in [0, 0.1) is 24.2 Å². The standard InChI is InChI=1S/C27H39ClN2O6S/c1-7-8-19-24(33)16(3)12-35-14-27(28)22(36-27)10-20(15(2)9-18-13-37-17(4)29-18)30-23(32)11-21(31)26(5,6)25(19)34/h7,9,13,16,19-22,24,31,33H,1,8,10-12,14H2,2-6H3,(H,30,32)/b15-9+/t16-,19-,20-,21+,22?,24+,27?/m1/s1. The van der Waals surface area contributed by atoms with Crippen molar-refractivity contribution in [3.05, 3.63) is 34.3 Å². The third-order valence-electron chi connectivity index (χ3n) is 7.39. The highest BCUT2D eigenvalue weighted by atomic mass is 35.5. The summed E-state index contributed by atoms with van der Waals surface area (Å²) in [5.74, 6) is -1.91. The van der Waals surface area contributed by atoms with Gasteiger partial charge in [-0.3, -0.25) is 9.59 Å². The Kier molecular flexibility index (Phi) is 9.75. The maximum Gasteiger partial charge on any atom is 0.223 e. The van der Waals surface area contributed by atoms with E-state index in [4.69, 9.17) is 21.1 Å². The molecule has 37 heavy (non-hydrogen) atoms. The SMILES string of the molecule is C=CC[C@H]1C(=O)C(C)(C)[C@@H](O)CC(=O)N[C@@H](/C(C)=C/c2csc(C)n2)CC2OC2(Cl)COC[C@@H](C)[C@@H]1O. The summed E-state index contributed by atoms with van der Waals surface area (Å²) in [6.07, 6.45) is 1.22. The number of fused-ring (bicyclic) bond motifs is 1. The van der Waals surface area contributed by atoms with Crippen LogP contribution in [0.15, 0.2) is 23.6 Å². The van der Waals surface area contributed by atoms with Crippen molar-refractivity contribution >= 4 is 40.7 Å². The summed E-state index contributed by atoms with van der Waals surface area (Å²) in [6, 6.07) is -0.423. The molecule has 0 radical (unpaired) electrons. The molecule has 8 nitrogen and oxygen atoms in total. The zero-order chi connectivity index (χ0) is 27.5. The molecular formula is C27H39ClN2O6S. The van der Waals surface area contributed by atoms with Gasteiger partial charge in [-0.1, -0.05) is 38.4 Å². The molecular weight excluding hydrogens is 516 g/mol. The highest BCUT2D eigenvalue weighted by molar-refractivity contribution is 7.09. The molecule has 2 saturated heterocycles. The molecule has 3 N–H and O–H groups in total. The van der Waals surface area contributed by atoms with E-state index in [0.29, 0.717) is 6.42 Å². The monoisotopic (exact) mass is 554 g/mol. The molecule has 2 aliphatic heterocycles. The lowest BCUT2D eigenvalue weighted by Crippen LogP contribution is -2.48. The van der Waals surface area contributed by atoms with Crippen LogP contribution in [-0.2, 0) is 19.1 Å². The Morgan fingerprint density at radius 2 is 2.08 bits per heavy atom. The van der Waals surface area contributed by atoms with Gasteiger partial charge in [-0.05, 0) is 31.9 Å². The van der Waals surface area contributed by atoms with Crippen LogP contribution in [0.3, 0.4) is 0 Å². The van der Waals surface area contributed by atoms with Gasteiger partial charge in [-0.15, -0.1) is 17.9 Å². The van der Waals surface area contributed by atoms with E-state index >= 15 is 0 Å². The number of hydrogen-bond donors (Lipinski definition) is 3. The first-order valence-corrected chi connectivity index (χ1v) is 13.9. The first-order chi connectivity index (χ1) is 17.3. The highest BCUT2D eigenvalue weighted by Gasteiger charge is 2.56. The number of thiazole rings is 1. The second-order valence-electron chi connectivity index (χ2n) is 10.8. The van der Waals surface area contributed by atoms with Crippen LogP contribution in [0.25, 0.3) is 6.08 Å². The van der Waals surface area contributed by atoms with Crippen molar-refractivity contribution < 1.29 is 29.3 Å². The van der Waals surface area contributed by atoms with Gasteiger partial charge in [0.15, 0.2) is 5.06 Å². The molecule has 0 aliphatic carbocycles. The average Bonchev–Trinajstić information content (AvgIpc) is 3.27. The molecule has 0 saturated carbocycles. The van der Waals surface area contributed by atoms with E-state index in [1.54, 1.807) is 26.8 Å². The van der Waals surface area contributed by atoms with E-state index in [9.17, 15) is 19.8 Å². The number of nitrogens with zero attached hydrogens (tertiary/aromatic N) is 1.